The summed E-state index contributed by atoms with van der Waals surface area (Å²) in [5.41, 5.74) is 10.0. The van der Waals surface area contributed by atoms with Gasteiger partial charge in [-0.1, -0.05) is 0 Å². The molecule has 0 spiro atoms. The number of nitrogens with one attached hydrogen (secondary N) is 3. The van der Waals surface area contributed by atoms with Gasteiger partial charge in [-0.2, -0.15) is 0 Å². The van der Waals surface area contributed by atoms with Crippen LogP contribution in [0.3, 0.4) is 0 Å². The molecule has 2 aromatic rings. The zero-order chi connectivity index (χ0) is 10.8. The molecular formula is C9H8N6S. The van der Waals surface area contributed by atoms with Crippen LogP contribution in [0.4, 0.5) is 0 Å². The number of aromatic nitrogens is 2. The Morgan fingerprint density at radius 3 is 2.81 bits per heavy atom. The normalized spacial score (nSPS) is 14.1. The van der Waals surface area contributed by atoms with Crippen LogP contribution in [0.15, 0.2) is 35.0 Å². The number of rotatable bonds is 2. The minimum atomic E-state index is 0.691. The summed E-state index contributed by atoms with van der Waals surface area (Å²) in [7, 11) is 0. The van der Waals surface area contributed by atoms with Gasteiger partial charge in [-0.15, -0.1) is 22.0 Å². The van der Waals surface area contributed by atoms with Gasteiger partial charge in [0.05, 0.1) is 0 Å². The minimum Gasteiger partial charge on any atom is -0.283 e. The SMILES string of the molecule is c1cc(-c2nc(C3=NNNN3)cs2)ccn1. The number of hydrazine groups is 2. The van der Waals surface area contributed by atoms with E-state index in [9.17, 15) is 0 Å². The first-order chi connectivity index (χ1) is 7.93. The van der Waals surface area contributed by atoms with Gasteiger partial charge in [-0.3, -0.25) is 10.4 Å². The van der Waals surface area contributed by atoms with Crippen LogP contribution in [0, 0.1) is 0 Å². The summed E-state index contributed by atoms with van der Waals surface area (Å²) in [6.07, 6.45) is 3.51. The summed E-state index contributed by atoms with van der Waals surface area (Å²) >= 11 is 1.57. The molecule has 80 valence electrons. The number of pyridine rings is 1. The maximum Gasteiger partial charge on any atom is 0.189 e. The molecule has 0 saturated carbocycles. The van der Waals surface area contributed by atoms with E-state index < -0.39 is 0 Å². The van der Waals surface area contributed by atoms with Crippen LogP contribution in [-0.2, 0) is 0 Å². The van der Waals surface area contributed by atoms with Crippen molar-refractivity contribution in [2.45, 2.75) is 0 Å². The number of hydrogen-bond donors (Lipinski definition) is 3. The molecule has 7 heteroatoms. The third kappa shape index (κ3) is 1.62. The highest BCUT2D eigenvalue weighted by Gasteiger charge is 2.12. The zero-order valence-electron chi connectivity index (χ0n) is 8.14. The molecule has 0 bridgehead atoms. The molecule has 1 aliphatic rings. The molecular weight excluding hydrogens is 224 g/mol. The Hall–Kier alpha value is -1.99. The molecule has 2 aromatic heterocycles. The van der Waals surface area contributed by atoms with Crippen LogP contribution >= 0.6 is 11.3 Å². The molecule has 3 heterocycles. The molecule has 0 amide bonds. The van der Waals surface area contributed by atoms with Gasteiger partial charge in [0.2, 0.25) is 0 Å². The molecule has 3 rings (SSSR count). The van der Waals surface area contributed by atoms with Crippen LogP contribution in [0.2, 0.25) is 0 Å². The Labute approximate surface area is 95.4 Å². The predicted molar refractivity (Wildman–Crippen MR) is 61.3 cm³/mol. The van der Waals surface area contributed by atoms with E-state index in [-0.39, 0.29) is 0 Å². The van der Waals surface area contributed by atoms with Gasteiger partial charge in [0.25, 0.3) is 0 Å². The second-order valence-corrected chi connectivity index (χ2v) is 3.95. The Bertz CT molecular complexity index is 520. The zero-order valence-corrected chi connectivity index (χ0v) is 8.95. The van der Waals surface area contributed by atoms with Crippen molar-refractivity contribution in [1.29, 1.82) is 0 Å². The van der Waals surface area contributed by atoms with Crippen LogP contribution in [0.1, 0.15) is 5.69 Å². The van der Waals surface area contributed by atoms with Gasteiger partial charge in [-0.05, 0) is 12.1 Å². The van der Waals surface area contributed by atoms with E-state index in [1.54, 1.807) is 23.7 Å². The monoisotopic (exact) mass is 232 g/mol. The van der Waals surface area contributed by atoms with Crippen molar-refractivity contribution in [3.05, 3.63) is 35.6 Å². The quantitative estimate of drug-likeness (QED) is 0.702. The largest absolute Gasteiger partial charge is 0.283 e. The van der Waals surface area contributed by atoms with E-state index in [4.69, 9.17) is 0 Å². The Morgan fingerprint density at radius 2 is 2.06 bits per heavy atom. The number of thiazole rings is 1. The Balaban J connectivity index is 1.94. The van der Waals surface area contributed by atoms with E-state index >= 15 is 0 Å². The Kier molecular flexibility index (Phi) is 2.24. The third-order valence-corrected chi connectivity index (χ3v) is 2.97. The van der Waals surface area contributed by atoms with Gasteiger partial charge in [0, 0.05) is 23.3 Å². The van der Waals surface area contributed by atoms with Crippen molar-refractivity contribution >= 4 is 17.2 Å². The van der Waals surface area contributed by atoms with Crippen LogP contribution < -0.4 is 16.5 Å². The van der Waals surface area contributed by atoms with Crippen molar-refractivity contribution < 1.29 is 0 Å². The molecule has 16 heavy (non-hydrogen) atoms. The first-order valence-electron chi connectivity index (χ1n) is 4.63. The predicted octanol–water partition coefficient (Wildman–Crippen LogP) is 0.479. The van der Waals surface area contributed by atoms with Gasteiger partial charge in [0.15, 0.2) is 5.84 Å². The van der Waals surface area contributed by atoms with Crippen LogP contribution in [0.25, 0.3) is 10.6 Å². The summed E-state index contributed by atoms with van der Waals surface area (Å²) in [5, 5.41) is 6.90. The van der Waals surface area contributed by atoms with Gasteiger partial charge < -0.3 is 0 Å². The van der Waals surface area contributed by atoms with E-state index in [2.05, 4.69) is 31.6 Å². The van der Waals surface area contributed by atoms with Crippen molar-refractivity contribution in [3.63, 3.8) is 0 Å². The first-order valence-corrected chi connectivity index (χ1v) is 5.51. The fraction of sp³-hybridized carbons (Fsp3) is 0. The Morgan fingerprint density at radius 1 is 1.19 bits per heavy atom. The van der Waals surface area contributed by atoms with Crippen LogP contribution in [-0.4, -0.2) is 15.8 Å². The summed E-state index contributed by atoms with van der Waals surface area (Å²) < 4.78 is 0. The summed E-state index contributed by atoms with van der Waals surface area (Å²) in [5.74, 6) is 0.691. The second kappa shape index (κ2) is 3.87. The molecule has 6 nitrogen and oxygen atoms in total. The minimum absolute atomic E-state index is 0.691. The summed E-state index contributed by atoms with van der Waals surface area (Å²) in [6, 6.07) is 3.87. The topological polar surface area (TPSA) is 74.2 Å². The van der Waals surface area contributed by atoms with Gasteiger partial charge >= 0.3 is 0 Å². The van der Waals surface area contributed by atoms with Crippen molar-refractivity contribution in [2.75, 3.05) is 0 Å². The van der Waals surface area contributed by atoms with Gasteiger partial charge in [-0.25, -0.2) is 10.5 Å². The number of hydrazone groups is 1. The molecule has 1 aliphatic heterocycles. The fourth-order valence-corrected chi connectivity index (χ4v) is 2.14. The van der Waals surface area contributed by atoms with Gasteiger partial charge in [0.1, 0.15) is 10.7 Å². The lowest BCUT2D eigenvalue weighted by molar-refractivity contribution is 0.577. The van der Waals surface area contributed by atoms with E-state index in [0.717, 1.165) is 16.3 Å². The second-order valence-electron chi connectivity index (χ2n) is 3.10. The number of amidine groups is 1. The van der Waals surface area contributed by atoms with E-state index in [1.807, 2.05) is 17.5 Å². The highest BCUT2D eigenvalue weighted by molar-refractivity contribution is 7.13. The molecule has 0 radical (unpaired) electrons. The molecule has 0 aliphatic carbocycles. The molecule has 3 N–H and O–H groups in total. The van der Waals surface area contributed by atoms with Crippen molar-refractivity contribution in [2.24, 2.45) is 5.10 Å². The lowest BCUT2D eigenvalue weighted by Crippen LogP contribution is -2.35. The maximum atomic E-state index is 4.48. The fourth-order valence-electron chi connectivity index (χ4n) is 1.33. The van der Waals surface area contributed by atoms with Crippen LogP contribution in [0.5, 0.6) is 0 Å². The van der Waals surface area contributed by atoms with E-state index in [1.165, 1.54) is 0 Å². The first kappa shape index (κ1) is 9.25. The summed E-state index contributed by atoms with van der Waals surface area (Å²) in [6.45, 7) is 0. The lowest BCUT2D eigenvalue weighted by atomic mass is 10.3. The van der Waals surface area contributed by atoms with E-state index in [0.29, 0.717) is 5.84 Å². The number of hydrogen-bond acceptors (Lipinski definition) is 7. The standard InChI is InChI=1S/C9H8N6S/c1-3-10-4-2-6(1)9-11-7(5-16-9)8-12-14-15-13-8/h1-5,14-15H,(H,12,13). The maximum absolute atomic E-state index is 4.48. The van der Waals surface area contributed by atoms with Crippen molar-refractivity contribution in [3.8, 4) is 10.6 Å². The average molecular weight is 232 g/mol. The highest BCUT2D eigenvalue weighted by atomic mass is 32.1. The molecule has 0 unspecified atom stereocenters. The summed E-state index contributed by atoms with van der Waals surface area (Å²) in [4.78, 5) is 8.46. The molecule has 0 aromatic carbocycles. The third-order valence-electron chi connectivity index (χ3n) is 2.08. The van der Waals surface area contributed by atoms with Crippen molar-refractivity contribution in [1.82, 2.24) is 26.5 Å². The molecule has 0 saturated heterocycles. The lowest BCUT2D eigenvalue weighted by Gasteiger charge is -1.95. The smallest absolute Gasteiger partial charge is 0.189 e. The highest BCUT2D eigenvalue weighted by Crippen LogP contribution is 2.22. The molecule has 0 fully saturated rings. The average Bonchev–Trinajstić information content (AvgIpc) is 3.01. The number of nitrogens with zero attached hydrogens (tertiary/aromatic N) is 3. The molecule has 0 atom stereocenters.